The first-order chi connectivity index (χ1) is 9.16. The number of thiophene rings is 1. The van der Waals surface area contributed by atoms with E-state index in [-0.39, 0.29) is 11.9 Å². The van der Waals surface area contributed by atoms with Gasteiger partial charge in [0.25, 0.3) is 5.91 Å². The van der Waals surface area contributed by atoms with Crippen LogP contribution in [0.2, 0.25) is 0 Å². The zero-order valence-corrected chi connectivity index (χ0v) is 12.4. The molecule has 1 aliphatic rings. The number of carbonyl (C=O) groups is 1. The van der Waals surface area contributed by atoms with Crippen molar-refractivity contribution < 1.29 is 9.90 Å². The first-order valence-corrected chi connectivity index (χ1v) is 7.64. The number of nitrogens with one attached hydrogen (secondary N) is 1. The lowest BCUT2D eigenvalue weighted by Gasteiger charge is -2.17. The number of benzene rings is 1. The molecule has 0 saturated carbocycles. The summed E-state index contributed by atoms with van der Waals surface area (Å²) >= 11 is 4.73. The van der Waals surface area contributed by atoms with Crippen LogP contribution >= 0.6 is 27.3 Å². The lowest BCUT2D eigenvalue weighted by molar-refractivity contribution is 0.0861. The van der Waals surface area contributed by atoms with E-state index in [0.29, 0.717) is 11.3 Å². The van der Waals surface area contributed by atoms with Crippen LogP contribution < -0.4 is 5.32 Å². The summed E-state index contributed by atoms with van der Waals surface area (Å²) in [6, 6.07) is 9.35. The smallest absolute Gasteiger partial charge is 0.263 e. The molecule has 0 aliphatic heterocycles. The number of rotatable bonds is 2. The van der Waals surface area contributed by atoms with Crippen molar-refractivity contribution in [3.63, 3.8) is 0 Å². The zero-order chi connectivity index (χ0) is 13.4. The lowest BCUT2D eigenvalue weighted by Crippen LogP contribution is -2.33. The molecule has 1 aliphatic carbocycles. The Bertz CT molecular complexity index is 625. The number of aliphatic hydroxyl groups excluding tert-OH is 1. The molecule has 2 N–H and O–H groups in total. The fourth-order valence-electron chi connectivity index (χ4n) is 2.41. The number of halogens is 1. The fourth-order valence-corrected chi connectivity index (χ4v) is 3.86. The molecule has 19 heavy (non-hydrogen) atoms. The summed E-state index contributed by atoms with van der Waals surface area (Å²) in [4.78, 5) is 12.8. The Morgan fingerprint density at radius 2 is 2.16 bits per heavy atom. The van der Waals surface area contributed by atoms with Crippen molar-refractivity contribution in [2.24, 2.45) is 0 Å². The normalized spacial score (nSPS) is 21.2. The van der Waals surface area contributed by atoms with Crippen molar-refractivity contribution in [1.29, 1.82) is 0 Å². The van der Waals surface area contributed by atoms with E-state index in [2.05, 4.69) is 21.2 Å². The number of aliphatic hydroxyl groups is 1. The van der Waals surface area contributed by atoms with Crippen LogP contribution in [0, 0.1) is 0 Å². The van der Waals surface area contributed by atoms with E-state index < -0.39 is 6.10 Å². The Morgan fingerprint density at radius 3 is 2.89 bits per heavy atom. The zero-order valence-electron chi connectivity index (χ0n) is 9.97. The SMILES string of the molecule is O=C(N[C@@H]1c2ccccc2C[C@@H]1O)c1sccc1Br. The van der Waals surface area contributed by atoms with Crippen LogP contribution in [-0.4, -0.2) is 17.1 Å². The third-order valence-corrected chi connectivity index (χ3v) is 5.15. The lowest BCUT2D eigenvalue weighted by atomic mass is 10.1. The van der Waals surface area contributed by atoms with E-state index in [0.717, 1.165) is 15.6 Å². The second-order valence-corrected chi connectivity index (χ2v) is 6.29. The summed E-state index contributed by atoms with van der Waals surface area (Å²) in [5, 5.41) is 14.9. The van der Waals surface area contributed by atoms with E-state index in [4.69, 9.17) is 0 Å². The molecule has 1 aromatic heterocycles. The van der Waals surface area contributed by atoms with E-state index in [1.165, 1.54) is 11.3 Å². The van der Waals surface area contributed by atoms with Crippen LogP contribution in [0.4, 0.5) is 0 Å². The fraction of sp³-hybridized carbons (Fsp3) is 0.214. The van der Waals surface area contributed by atoms with Gasteiger partial charge >= 0.3 is 0 Å². The highest BCUT2D eigenvalue weighted by Crippen LogP contribution is 2.32. The number of hydrogen-bond donors (Lipinski definition) is 2. The molecule has 5 heteroatoms. The Morgan fingerprint density at radius 1 is 1.37 bits per heavy atom. The Labute approximate surface area is 123 Å². The largest absolute Gasteiger partial charge is 0.390 e. The third-order valence-electron chi connectivity index (χ3n) is 3.31. The van der Waals surface area contributed by atoms with Crippen LogP contribution in [0.1, 0.15) is 26.8 Å². The maximum atomic E-state index is 12.2. The minimum absolute atomic E-state index is 0.150. The summed E-state index contributed by atoms with van der Waals surface area (Å²) in [7, 11) is 0. The minimum Gasteiger partial charge on any atom is -0.390 e. The average Bonchev–Trinajstić information content (AvgIpc) is 2.94. The molecule has 1 heterocycles. The van der Waals surface area contributed by atoms with Gasteiger partial charge in [-0.3, -0.25) is 4.79 Å². The molecular formula is C14H12BrNO2S. The standard InChI is InChI=1S/C14H12BrNO2S/c15-10-5-6-19-13(10)14(18)16-12-9-4-2-1-3-8(9)7-11(12)17/h1-6,11-12,17H,7H2,(H,16,18)/t11-,12+/m0/s1. The van der Waals surface area contributed by atoms with Gasteiger partial charge in [0, 0.05) is 10.9 Å². The molecular weight excluding hydrogens is 326 g/mol. The van der Waals surface area contributed by atoms with Crippen LogP contribution in [0.5, 0.6) is 0 Å². The van der Waals surface area contributed by atoms with Gasteiger partial charge in [0.15, 0.2) is 0 Å². The van der Waals surface area contributed by atoms with Gasteiger partial charge in [0.1, 0.15) is 4.88 Å². The monoisotopic (exact) mass is 337 g/mol. The summed E-state index contributed by atoms with van der Waals surface area (Å²) in [5.41, 5.74) is 2.11. The molecule has 2 aromatic rings. The second kappa shape index (κ2) is 5.07. The molecule has 3 nitrogen and oxygen atoms in total. The average molecular weight is 338 g/mol. The van der Waals surface area contributed by atoms with Crippen LogP contribution in [0.15, 0.2) is 40.2 Å². The Hall–Kier alpha value is -1.17. The molecule has 0 fully saturated rings. The van der Waals surface area contributed by atoms with E-state index in [9.17, 15) is 9.90 Å². The van der Waals surface area contributed by atoms with Crippen molar-refractivity contribution in [1.82, 2.24) is 5.32 Å². The second-order valence-electron chi connectivity index (χ2n) is 4.52. The summed E-state index contributed by atoms with van der Waals surface area (Å²) < 4.78 is 0.788. The summed E-state index contributed by atoms with van der Waals surface area (Å²) in [5.74, 6) is -0.150. The van der Waals surface area contributed by atoms with Gasteiger partial charge in [-0.05, 0) is 38.5 Å². The number of carbonyl (C=O) groups excluding carboxylic acids is 1. The summed E-state index contributed by atoms with van der Waals surface area (Å²) in [6.45, 7) is 0. The summed E-state index contributed by atoms with van der Waals surface area (Å²) in [6.07, 6.45) is 0.0345. The first-order valence-electron chi connectivity index (χ1n) is 5.96. The maximum absolute atomic E-state index is 12.2. The third kappa shape index (κ3) is 2.33. The number of amides is 1. The van der Waals surface area contributed by atoms with Crippen LogP contribution in [0.3, 0.4) is 0 Å². The number of fused-ring (bicyclic) bond motifs is 1. The molecule has 1 amide bonds. The predicted octanol–water partition coefficient (Wildman–Crippen LogP) is 2.90. The van der Waals surface area contributed by atoms with Gasteiger partial charge in [-0.15, -0.1) is 11.3 Å². The Balaban J connectivity index is 1.84. The molecule has 0 radical (unpaired) electrons. The molecule has 0 bridgehead atoms. The van der Waals surface area contributed by atoms with Gasteiger partial charge in [-0.1, -0.05) is 24.3 Å². The van der Waals surface area contributed by atoms with E-state index in [1.807, 2.05) is 35.7 Å². The van der Waals surface area contributed by atoms with Crippen molar-refractivity contribution in [3.8, 4) is 0 Å². The highest BCUT2D eigenvalue weighted by atomic mass is 79.9. The highest BCUT2D eigenvalue weighted by molar-refractivity contribution is 9.10. The molecule has 1 aromatic carbocycles. The van der Waals surface area contributed by atoms with Crippen LogP contribution in [-0.2, 0) is 6.42 Å². The van der Waals surface area contributed by atoms with Gasteiger partial charge in [0.05, 0.1) is 12.1 Å². The van der Waals surface area contributed by atoms with Gasteiger partial charge in [-0.2, -0.15) is 0 Å². The first kappa shape index (κ1) is 12.8. The molecule has 2 atom stereocenters. The maximum Gasteiger partial charge on any atom is 0.263 e. The topological polar surface area (TPSA) is 49.3 Å². The van der Waals surface area contributed by atoms with Crippen molar-refractivity contribution >= 4 is 33.2 Å². The molecule has 98 valence electrons. The van der Waals surface area contributed by atoms with Crippen LogP contribution in [0.25, 0.3) is 0 Å². The number of hydrogen-bond acceptors (Lipinski definition) is 3. The predicted molar refractivity (Wildman–Crippen MR) is 78.4 cm³/mol. The van der Waals surface area contributed by atoms with Gasteiger partial charge < -0.3 is 10.4 Å². The Kier molecular flexibility index (Phi) is 3.43. The van der Waals surface area contributed by atoms with Crippen molar-refractivity contribution in [3.05, 3.63) is 56.2 Å². The van der Waals surface area contributed by atoms with Crippen molar-refractivity contribution in [2.75, 3.05) is 0 Å². The molecule has 3 rings (SSSR count). The minimum atomic E-state index is -0.555. The molecule has 0 saturated heterocycles. The molecule has 0 spiro atoms. The molecule has 0 unspecified atom stereocenters. The van der Waals surface area contributed by atoms with E-state index in [1.54, 1.807) is 0 Å². The van der Waals surface area contributed by atoms with Gasteiger partial charge in [-0.25, -0.2) is 0 Å². The van der Waals surface area contributed by atoms with Gasteiger partial charge in [0.2, 0.25) is 0 Å². The highest BCUT2D eigenvalue weighted by Gasteiger charge is 2.32. The van der Waals surface area contributed by atoms with E-state index >= 15 is 0 Å². The van der Waals surface area contributed by atoms with Crippen molar-refractivity contribution in [2.45, 2.75) is 18.6 Å². The quantitative estimate of drug-likeness (QED) is 0.885.